The number of rotatable bonds is 6. The van der Waals surface area contributed by atoms with Crippen LogP contribution in [0.4, 0.5) is 0 Å². The monoisotopic (exact) mass is 224 g/mol. The van der Waals surface area contributed by atoms with E-state index in [2.05, 4.69) is 36.4 Å². The first-order valence-electron chi connectivity index (χ1n) is 5.90. The van der Waals surface area contributed by atoms with Gasteiger partial charge in [0.05, 0.1) is 12.0 Å². The van der Waals surface area contributed by atoms with E-state index in [9.17, 15) is 0 Å². The lowest BCUT2D eigenvalue weighted by Gasteiger charge is -2.20. The molecule has 0 spiro atoms. The molecule has 4 heteroatoms. The van der Waals surface area contributed by atoms with E-state index in [1.54, 1.807) is 0 Å². The summed E-state index contributed by atoms with van der Waals surface area (Å²) in [6, 6.07) is 0. The van der Waals surface area contributed by atoms with Crippen molar-refractivity contribution >= 4 is 0 Å². The molecule has 0 saturated heterocycles. The molecule has 0 aliphatic heterocycles. The largest absolute Gasteiger partial charge is 0.337 e. The molecule has 0 aliphatic carbocycles. The van der Waals surface area contributed by atoms with Crippen molar-refractivity contribution in [1.29, 1.82) is 0 Å². The maximum Gasteiger partial charge on any atom is 0.0945 e. The Morgan fingerprint density at radius 3 is 2.62 bits per heavy atom. The molecule has 1 rings (SSSR count). The summed E-state index contributed by atoms with van der Waals surface area (Å²) in [4.78, 5) is 4.08. The second-order valence-electron chi connectivity index (χ2n) is 5.20. The molecule has 16 heavy (non-hydrogen) atoms. The fraction of sp³-hybridized carbons (Fsp3) is 0.750. The lowest BCUT2D eigenvalue weighted by atomic mass is 10.1. The molecule has 1 aromatic heterocycles. The van der Waals surface area contributed by atoms with Crippen molar-refractivity contribution in [3.8, 4) is 0 Å². The van der Waals surface area contributed by atoms with Crippen LogP contribution >= 0.6 is 0 Å². The third-order valence-electron chi connectivity index (χ3n) is 2.41. The predicted molar refractivity (Wildman–Crippen MR) is 67.3 cm³/mol. The van der Waals surface area contributed by atoms with Crippen LogP contribution in [0, 0.1) is 0 Å². The van der Waals surface area contributed by atoms with Gasteiger partial charge in [0.1, 0.15) is 0 Å². The zero-order chi connectivity index (χ0) is 12.0. The first kappa shape index (κ1) is 13.2. The number of hydrogen-bond donors (Lipinski definition) is 2. The van der Waals surface area contributed by atoms with Gasteiger partial charge in [0, 0.05) is 25.3 Å². The highest BCUT2D eigenvalue weighted by atomic mass is 15.0. The van der Waals surface area contributed by atoms with E-state index >= 15 is 0 Å². The van der Waals surface area contributed by atoms with Crippen molar-refractivity contribution in [2.45, 2.75) is 39.3 Å². The predicted octanol–water partition coefficient (Wildman–Crippen LogP) is 1.29. The molecule has 0 aliphatic rings. The first-order chi connectivity index (χ1) is 7.49. The van der Waals surface area contributed by atoms with Gasteiger partial charge in [-0.2, -0.15) is 0 Å². The number of hydrogen-bond acceptors (Lipinski definition) is 3. The van der Waals surface area contributed by atoms with Gasteiger partial charge in [-0.25, -0.2) is 4.98 Å². The number of imidazole rings is 1. The average molecular weight is 224 g/mol. The Hall–Kier alpha value is -0.870. The van der Waals surface area contributed by atoms with Gasteiger partial charge < -0.3 is 15.2 Å². The lowest BCUT2D eigenvalue weighted by molar-refractivity contribution is 0.418. The Morgan fingerprint density at radius 1 is 1.31 bits per heavy atom. The third-order valence-corrected chi connectivity index (χ3v) is 2.41. The molecule has 0 saturated carbocycles. The van der Waals surface area contributed by atoms with Crippen molar-refractivity contribution in [2.75, 3.05) is 13.1 Å². The Bertz CT molecular complexity index is 298. The minimum absolute atomic E-state index is 0.224. The van der Waals surface area contributed by atoms with Crippen molar-refractivity contribution in [2.24, 2.45) is 7.05 Å². The molecule has 1 heterocycles. The van der Waals surface area contributed by atoms with E-state index < -0.39 is 0 Å². The van der Waals surface area contributed by atoms with Crippen molar-refractivity contribution in [3.05, 3.63) is 18.2 Å². The summed E-state index contributed by atoms with van der Waals surface area (Å²) in [6.07, 6.45) is 4.88. The van der Waals surface area contributed by atoms with Gasteiger partial charge in [0.25, 0.3) is 0 Å². The van der Waals surface area contributed by atoms with Gasteiger partial charge in [-0.3, -0.25) is 0 Å². The highest BCUT2D eigenvalue weighted by molar-refractivity contribution is 4.96. The normalized spacial score (nSPS) is 12.0. The van der Waals surface area contributed by atoms with Crippen LogP contribution in [-0.2, 0) is 13.6 Å². The molecule has 1 aromatic rings. The fourth-order valence-electron chi connectivity index (χ4n) is 1.45. The summed E-state index contributed by atoms with van der Waals surface area (Å²) in [6.45, 7) is 9.56. The standard InChI is InChI=1S/C12H24N4/c1-12(2,3)15-7-5-6-13-8-11-9-14-10-16(11)4/h9-10,13,15H,5-8H2,1-4H3. The zero-order valence-corrected chi connectivity index (χ0v) is 10.9. The Morgan fingerprint density at radius 2 is 2.06 bits per heavy atom. The molecule has 0 atom stereocenters. The molecular formula is C12H24N4. The molecule has 0 fully saturated rings. The molecule has 0 unspecified atom stereocenters. The highest BCUT2D eigenvalue weighted by Crippen LogP contribution is 1.98. The van der Waals surface area contributed by atoms with Gasteiger partial charge in [-0.15, -0.1) is 0 Å². The van der Waals surface area contributed by atoms with Crippen LogP contribution in [0.2, 0.25) is 0 Å². The number of aromatic nitrogens is 2. The van der Waals surface area contributed by atoms with E-state index in [-0.39, 0.29) is 5.54 Å². The summed E-state index contributed by atoms with van der Waals surface area (Å²) in [5, 5.41) is 6.88. The highest BCUT2D eigenvalue weighted by Gasteiger charge is 2.06. The van der Waals surface area contributed by atoms with Crippen LogP contribution in [-0.4, -0.2) is 28.2 Å². The van der Waals surface area contributed by atoms with E-state index in [1.807, 2.05) is 24.1 Å². The van der Waals surface area contributed by atoms with E-state index in [0.717, 1.165) is 26.1 Å². The quantitative estimate of drug-likeness (QED) is 0.715. The van der Waals surface area contributed by atoms with Crippen LogP contribution in [0.15, 0.2) is 12.5 Å². The minimum Gasteiger partial charge on any atom is -0.337 e. The fourth-order valence-corrected chi connectivity index (χ4v) is 1.45. The summed E-state index contributed by atoms with van der Waals surface area (Å²) in [7, 11) is 2.02. The Kier molecular flexibility index (Phi) is 4.96. The summed E-state index contributed by atoms with van der Waals surface area (Å²) < 4.78 is 2.04. The SMILES string of the molecule is Cn1cncc1CNCCCNC(C)(C)C. The van der Waals surface area contributed by atoms with E-state index in [1.165, 1.54) is 5.69 Å². The van der Waals surface area contributed by atoms with Crippen molar-refractivity contribution in [1.82, 2.24) is 20.2 Å². The molecular weight excluding hydrogens is 200 g/mol. The number of nitrogens with zero attached hydrogens (tertiary/aromatic N) is 2. The third kappa shape index (κ3) is 5.28. The molecule has 0 radical (unpaired) electrons. The first-order valence-corrected chi connectivity index (χ1v) is 5.90. The van der Waals surface area contributed by atoms with E-state index in [4.69, 9.17) is 0 Å². The van der Waals surface area contributed by atoms with Gasteiger partial charge in [-0.05, 0) is 40.3 Å². The molecule has 0 bridgehead atoms. The Labute approximate surface area is 98.5 Å². The number of aryl methyl sites for hydroxylation is 1. The smallest absolute Gasteiger partial charge is 0.0945 e. The van der Waals surface area contributed by atoms with Crippen LogP contribution < -0.4 is 10.6 Å². The van der Waals surface area contributed by atoms with Gasteiger partial charge in [0.2, 0.25) is 0 Å². The van der Waals surface area contributed by atoms with Crippen LogP contribution in [0.3, 0.4) is 0 Å². The van der Waals surface area contributed by atoms with E-state index in [0.29, 0.717) is 0 Å². The second kappa shape index (κ2) is 6.01. The zero-order valence-electron chi connectivity index (χ0n) is 10.9. The van der Waals surface area contributed by atoms with Gasteiger partial charge in [-0.1, -0.05) is 0 Å². The average Bonchev–Trinajstić information content (AvgIpc) is 2.56. The molecule has 4 nitrogen and oxygen atoms in total. The second-order valence-corrected chi connectivity index (χ2v) is 5.20. The summed E-state index contributed by atoms with van der Waals surface area (Å²) in [5.74, 6) is 0. The summed E-state index contributed by atoms with van der Waals surface area (Å²) >= 11 is 0. The van der Waals surface area contributed by atoms with Crippen LogP contribution in [0.1, 0.15) is 32.9 Å². The maximum atomic E-state index is 4.08. The topological polar surface area (TPSA) is 41.9 Å². The van der Waals surface area contributed by atoms with Gasteiger partial charge >= 0.3 is 0 Å². The van der Waals surface area contributed by atoms with Crippen molar-refractivity contribution < 1.29 is 0 Å². The molecule has 2 N–H and O–H groups in total. The van der Waals surface area contributed by atoms with Crippen LogP contribution in [0.5, 0.6) is 0 Å². The Balaban J connectivity index is 2.03. The minimum atomic E-state index is 0.224. The van der Waals surface area contributed by atoms with Gasteiger partial charge in [0.15, 0.2) is 0 Å². The maximum absolute atomic E-state index is 4.08. The molecule has 0 amide bonds. The molecule has 92 valence electrons. The van der Waals surface area contributed by atoms with Crippen molar-refractivity contribution in [3.63, 3.8) is 0 Å². The van der Waals surface area contributed by atoms with Crippen LogP contribution in [0.25, 0.3) is 0 Å². The lowest BCUT2D eigenvalue weighted by Crippen LogP contribution is -2.37. The summed E-state index contributed by atoms with van der Waals surface area (Å²) in [5.41, 5.74) is 1.45. The molecule has 0 aromatic carbocycles. The number of nitrogens with one attached hydrogen (secondary N) is 2.